The second kappa shape index (κ2) is 9.95. The van der Waals surface area contributed by atoms with Gasteiger partial charge in [-0.15, -0.1) is 0 Å². The minimum Gasteiger partial charge on any atom is -0.481 e. The molecule has 0 saturated carbocycles. The molecule has 0 fully saturated rings. The molecule has 5 nitrogen and oxygen atoms in total. The smallest absolute Gasteiger partial charge is 0.308 e. The molecule has 0 aliphatic carbocycles. The van der Waals surface area contributed by atoms with Gasteiger partial charge in [0.05, 0.1) is 12.3 Å². The van der Waals surface area contributed by atoms with Crippen molar-refractivity contribution in [3.05, 3.63) is 35.9 Å². The Hall–Kier alpha value is -1.88. The van der Waals surface area contributed by atoms with E-state index in [1.165, 1.54) is 0 Å². The molecule has 1 amide bonds. The third kappa shape index (κ3) is 6.72. The highest BCUT2D eigenvalue weighted by Gasteiger charge is 2.20. The fourth-order valence-corrected chi connectivity index (χ4v) is 2.11. The zero-order valence-electron chi connectivity index (χ0n) is 13.3. The molecule has 0 spiro atoms. The van der Waals surface area contributed by atoms with Crippen molar-refractivity contribution >= 4 is 11.9 Å². The Labute approximate surface area is 131 Å². The number of amides is 1. The van der Waals surface area contributed by atoms with Crippen molar-refractivity contribution in [3.63, 3.8) is 0 Å². The highest BCUT2D eigenvalue weighted by Crippen LogP contribution is 2.07. The minimum atomic E-state index is -0.887. The van der Waals surface area contributed by atoms with Crippen molar-refractivity contribution < 1.29 is 19.4 Å². The summed E-state index contributed by atoms with van der Waals surface area (Å²) in [5, 5.41) is 9.05. The van der Waals surface area contributed by atoms with Crippen LogP contribution in [0.1, 0.15) is 25.8 Å². The third-order valence-corrected chi connectivity index (χ3v) is 3.39. The third-order valence-electron chi connectivity index (χ3n) is 3.39. The fourth-order valence-electron chi connectivity index (χ4n) is 2.11. The van der Waals surface area contributed by atoms with Crippen LogP contribution in [0.2, 0.25) is 0 Å². The van der Waals surface area contributed by atoms with E-state index in [4.69, 9.17) is 9.84 Å². The molecule has 1 unspecified atom stereocenters. The van der Waals surface area contributed by atoms with Crippen LogP contribution in [0, 0.1) is 5.92 Å². The van der Waals surface area contributed by atoms with E-state index in [0.717, 1.165) is 5.56 Å². The largest absolute Gasteiger partial charge is 0.481 e. The Kier molecular flexibility index (Phi) is 8.22. The SMILES string of the molecule is CCOCCCN(CC(C)C(=O)O)C(=O)Cc1ccccc1. The number of rotatable bonds is 10. The average molecular weight is 307 g/mol. The Balaban J connectivity index is 2.61. The van der Waals surface area contributed by atoms with E-state index in [9.17, 15) is 9.59 Å². The van der Waals surface area contributed by atoms with Crippen molar-refractivity contribution in [2.75, 3.05) is 26.3 Å². The normalized spacial score (nSPS) is 11.9. The number of aliphatic carboxylic acids is 1. The van der Waals surface area contributed by atoms with Gasteiger partial charge in [-0.3, -0.25) is 9.59 Å². The summed E-state index contributed by atoms with van der Waals surface area (Å²) in [5.41, 5.74) is 0.935. The predicted octanol–water partition coefficient (Wildman–Crippen LogP) is 2.20. The molecule has 0 aliphatic rings. The number of carboxylic acid groups (broad SMARTS) is 1. The number of hydrogen-bond donors (Lipinski definition) is 1. The molecule has 1 N–H and O–H groups in total. The van der Waals surface area contributed by atoms with Crippen LogP contribution in [0.25, 0.3) is 0 Å². The first-order valence-electron chi connectivity index (χ1n) is 7.66. The van der Waals surface area contributed by atoms with Crippen LogP contribution in [0.15, 0.2) is 30.3 Å². The summed E-state index contributed by atoms with van der Waals surface area (Å²) < 4.78 is 5.28. The first-order chi connectivity index (χ1) is 10.5. The Morgan fingerprint density at radius 1 is 1.27 bits per heavy atom. The predicted molar refractivity (Wildman–Crippen MR) is 84.6 cm³/mol. The average Bonchev–Trinajstić information content (AvgIpc) is 2.50. The summed E-state index contributed by atoms with van der Waals surface area (Å²) in [5.74, 6) is -1.51. The first-order valence-corrected chi connectivity index (χ1v) is 7.66. The van der Waals surface area contributed by atoms with Crippen molar-refractivity contribution in [1.82, 2.24) is 4.90 Å². The molecular weight excluding hydrogens is 282 g/mol. The Morgan fingerprint density at radius 3 is 2.55 bits per heavy atom. The number of carbonyl (C=O) groups excluding carboxylic acids is 1. The molecule has 0 saturated heterocycles. The highest BCUT2D eigenvalue weighted by atomic mass is 16.5. The van der Waals surface area contributed by atoms with Gasteiger partial charge in [-0.2, -0.15) is 0 Å². The van der Waals surface area contributed by atoms with E-state index in [0.29, 0.717) is 32.6 Å². The molecule has 122 valence electrons. The number of benzene rings is 1. The lowest BCUT2D eigenvalue weighted by Gasteiger charge is -2.24. The molecule has 1 atom stereocenters. The monoisotopic (exact) mass is 307 g/mol. The summed E-state index contributed by atoms with van der Waals surface area (Å²) in [7, 11) is 0. The van der Waals surface area contributed by atoms with Gasteiger partial charge >= 0.3 is 5.97 Å². The van der Waals surface area contributed by atoms with E-state index in [1.54, 1.807) is 11.8 Å². The van der Waals surface area contributed by atoms with E-state index in [-0.39, 0.29) is 12.5 Å². The summed E-state index contributed by atoms with van der Waals surface area (Å²) in [6, 6.07) is 9.48. The molecule has 1 aromatic carbocycles. The van der Waals surface area contributed by atoms with Gasteiger partial charge in [0.2, 0.25) is 5.91 Å². The maximum Gasteiger partial charge on any atom is 0.308 e. The first kappa shape index (κ1) is 18.2. The van der Waals surface area contributed by atoms with Crippen molar-refractivity contribution in [1.29, 1.82) is 0 Å². The van der Waals surface area contributed by atoms with Gasteiger partial charge in [0.25, 0.3) is 0 Å². The van der Waals surface area contributed by atoms with Gasteiger partial charge in [-0.1, -0.05) is 37.3 Å². The second-order valence-electron chi connectivity index (χ2n) is 5.29. The number of hydrogen-bond acceptors (Lipinski definition) is 3. The van der Waals surface area contributed by atoms with Crippen molar-refractivity contribution in [2.24, 2.45) is 5.92 Å². The van der Waals surface area contributed by atoms with Crippen LogP contribution in [-0.4, -0.2) is 48.2 Å². The van der Waals surface area contributed by atoms with Crippen molar-refractivity contribution in [2.45, 2.75) is 26.7 Å². The van der Waals surface area contributed by atoms with E-state index >= 15 is 0 Å². The quantitative estimate of drug-likeness (QED) is 0.673. The summed E-state index contributed by atoms with van der Waals surface area (Å²) in [6.07, 6.45) is 1.00. The number of carbonyl (C=O) groups is 2. The maximum atomic E-state index is 12.4. The zero-order chi connectivity index (χ0) is 16.4. The van der Waals surface area contributed by atoms with Crippen LogP contribution in [0.5, 0.6) is 0 Å². The zero-order valence-corrected chi connectivity index (χ0v) is 13.3. The van der Waals surface area contributed by atoms with Crippen molar-refractivity contribution in [3.8, 4) is 0 Å². The molecule has 22 heavy (non-hydrogen) atoms. The Morgan fingerprint density at radius 2 is 1.95 bits per heavy atom. The minimum absolute atomic E-state index is 0.0456. The summed E-state index contributed by atoms with van der Waals surface area (Å²) >= 11 is 0. The molecule has 0 heterocycles. The topological polar surface area (TPSA) is 66.8 Å². The van der Waals surface area contributed by atoms with Crippen LogP contribution in [-0.2, 0) is 20.7 Å². The van der Waals surface area contributed by atoms with Gasteiger partial charge < -0.3 is 14.7 Å². The summed E-state index contributed by atoms with van der Waals surface area (Å²) in [4.78, 5) is 25.1. The van der Waals surface area contributed by atoms with Crippen LogP contribution >= 0.6 is 0 Å². The molecular formula is C17H25NO4. The van der Waals surface area contributed by atoms with Crippen LogP contribution in [0.4, 0.5) is 0 Å². The molecule has 0 aromatic heterocycles. The van der Waals surface area contributed by atoms with Crippen LogP contribution in [0.3, 0.4) is 0 Å². The molecule has 1 rings (SSSR count). The molecule has 0 bridgehead atoms. The second-order valence-corrected chi connectivity index (χ2v) is 5.29. The lowest BCUT2D eigenvalue weighted by Crippen LogP contribution is -2.38. The van der Waals surface area contributed by atoms with E-state index in [1.807, 2.05) is 37.3 Å². The molecule has 5 heteroatoms. The van der Waals surface area contributed by atoms with Crippen LogP contribution < -0.4 is 0 Å². The fraction of sp³-hybridized carbons (Fsp3) is 0.529. The summed E-state index contributed by atoms with van der Waals surface area (Å²) in [6.45, 7) is 5.51. The van der Waals surface area contributed by atoms with Gasteiger partial charge in [-0.25, -0.2) is 0 Å². The molecule has 0 radical (unpaired) electrons. The Bertz CT molecular complexity index is 461. The van der Waals surface area contributed by atoms with E-state index in [2.05, 4.69) is 0 Å². The van der Waals surface area contributed by atoms with Gasteiger partial charge in [-0.05, 0) is 18.9 Å². The maximum absolute atomic E-state index is 12.4. The van der Waals surface area contributed by atoms with Gasteiger partial charge in [0, 0.05) is 26.3 Å². The molecule has 1 aromatic rings. The number of nitrogens with zero attached hydrogens (tertiary/aromatic N) is 1. The lowest BCUT2D eigenvalue weighted by atomic mass is 10.1. The standard InChI is InChI=1S/C17H25NO4/c1-3-22-11-7-10-18(13-14(2)17(20)21)16(19)12-15-8-5-4-6-9-15/h4-6,8-9,14H,3,7,10-13H2,1-2H3,(H,20,21). The number of carboxylic acids is 1. The molecule has 0 aliphatic heterocycles. The van der Waals surface area contributed by atoms with Gasteiger partial charge in [0.1, 0.15) is 0 Å². The highest BCUT2D eigenvalue weighted by molar-refractivity contribution is 5.79. The van der Waals surface area contributed by atoms with E-state index < -0.39 is 11.9 Å². The lowest BCUT2D eigenvalue weighted by molar-refractivity contribution is -0.143. The number of ether oxygens (including phenoxy) is 1. The van der Waals surface area contributed by atoms with Gasteiger partial charge in [0.15, 0.2) is 0 Å².